The summed E-state index contributed by atoms with van der Waals surface area (Å²) in [7, 11) is 0. The van der Waals surface area contributed by atoms with E-state index in [2.05, 4.69) is 36.1 Å². The molecular formula is C32H33ClFN3O2. The van der Waals surface area contributed by atoms with Gasteiger partial charge in [0, 0.05) is 23.1 Å². The predicted octanol–water partition coefficient (Wildman–Crippen LogP) is 9.62. The molecule has 0 radical (unpaired) electrons. The maximum absolute atomic E-state index is 13.4. The summed E-state index contributed by atoms with van der Waals surface area (Å²) in [6, 6.07) is 21.8. The van der Waals surface area contributed by atoms with Gasteiger partial charge in [0.2, 0.25) is 0 Å². The average molecular weight is 546 g/mol. The van der Waals surface area contributed by atoms with E-state index >= 15 is 0 Å². The van der Waals surface area contributed by atoms with Crippen molar-refractivity contribution < 1.29 is 13.5 Å². The van der Waals surface area contributed by atoms with Crippen LogP contribution in [-0.4, -0.2) is 9.97 Å². The summed E-state index contributed by atoms with van der Waals surface area (Å²) >= 11 is 6.49. The van der Waals surface area contributed by atoms with Crippen molar-refractivity contribution in [3.63, 3.8) is 0 Å². The number of aryl methyl sites for hydroxylation is 1. The molecule has 202 valence electrons. The fourth-order valence-corrected chi connectivity index (χ4v) is 4.33. The first-order chi connectivity index (χ1) is 18.2. The Morgan fingerprint density at radius 1 is 0.974 bits per heavy atom. The normalized spacial score (nSPS) is 11.3. The summed E-state index contributed by atoms with van der Waals surface area (Å²) in [5.74, 6) is 2.66. The van der Waals surface area contributed by atoms with E-state index in [0.29, 0.717) is 16.6 Å². The number of hydrogen-bond acceptors (Lipinski definition) is 5. The maximum Gasteiger partial charge on any atom is 0.141 e. The standard InChI is InChI=1S/C31H29ClFN3O2.CH4/c1-31(2,3)14-13-24-9-12-28(38-24)21-7-10-27-25(16-21)30(35-19-34-27)36-23-8-11-29(26(32)17-23)37-18-20-5-4-6-22(33)15-20;/h4-12,15-17,19H,13-14,18H2,1-3H3,(H,34,35,36);1H4. The van der Waals surface area contributed by atoms with Crippen LogP contribution < -0.4 is 10.1 Å². The average Bonchev–Trinajstić information content (AvgIpc) is 3.36. The lowest BCUT2D eigenvalue weighted by atomic mass is 9.90. The summed E-state index contributed by atoms with van der Waals surface area (Å²) in [5.41, 5.74) is 3.50. The van der Waals surface area contributed by atoms with Crippen molar-refractivity contribution in [2.24, 2.45) is 5.41 Å². The minimum absolute atomic E-state index is 0. The van der Waals surface area contributed by atoms with Gasteiger partial charge in [-0.2, -0.15) is 0 Å². The minimum atomic E-state index is -0.301. The van der Waals surface area contributed by atoms with Crippen LogP contribution in [0.25, 0.3) is 22.2 Å². The van der Waals surface area contributed by atoms with E-state index in [1.54, 1.807) is 24.3 Å². The summed E-state index contributed by atoms with van der Waals surface area (Å²) in [5, 5.41) is 4.64. The van der Waals surface area contributed by atoms with Crippen molar-refractivity contribution in [1.29, 1.82) is 0 Å². The molecule has 39 heavy (non-hydrogen) atoms. The lowest BCUT2D eigenvalue weighted by Gasteiger charge is -2.16. The topological polar surface area (TPSA) is 60.2 Å². The van der Waals surface area contributed by atoms with E-state index in [4.69, 9.17) is 20.8 Å². The summed E-state index contributed by atoms with van der Waals surface area (Å²) in [6.45, 7) is 6.91. The molecule has 0 fully saturated rings. The van der Waals surface area contributed by atoms with Crippen LogP contribution in [0.1, 0.15) is 45.9 Å². The van der Waals surface area contributed by atoms with Crippen molar-refractivity contribution in [2.75, 3.05) is 5.32 Å². The Balaban J connectivity index is 0.00000353. The number of hydrogen-bond donors (Lipinski definition) is 1. The molecule has 0 atom stereocenters. The number of fused-ring (bicyclic) bond motifs is 1. The smallest absolute Gasteiger partial charge is 0.141 e. The van der Waals surface area contributed by atoms with Crippen LogP contribution in [0, 0.1) is 11.2 Å². The zero-order valence-corrected chi connectivity index (χ0v) is 22.3. The SMILES string of the molecule is C.CC(C)(C)CCc1ccc(-c2ccc3ncnc(Nc4ccc(OCc5cccc(F)c5)c(Cl)c4)c3c2)o1. The van der Waals surface area contributed by atoms with Crippen LogP contribution in [0.15, 0.2) is 83.5 Å². The first-order valence-corrected chi connectivity index (χ1v) is 12.9. The second kappa shape index (κ2) is 11.9. The van der Waals surface area contributed by atoms with Crippen molar-refractivity contribution >= 4 is 34.0 Å². The Bertz CT molecular complexity index is 1580. The molecule has 2 aromatic heterocycles. The lowest BCUT2D eigenvalue weighted by Crippen LogP contribution is -2.05. The molecule has 0 amide bonds. The molecule has 0 spiro atoms. The van der Waals surface area contributed by atoms with E-state index in [-0.39, 0.29) is 25.3 Å². The second-order valence-electron chi connectivity index (χ2n) is 10.5. The molecule has 0 saturated carbocycles. The van der Waals surface area contributed by atoms with Crippen molar-refractivity contribution in [3.8, 4) is 17.1 Å². The van der Waals surface area contributed by atoms with Crippen LogP contribution in [0.3, 0.4) is 0 Å². The van der Waals surface area contributed by atoms with Crippen molar-refractivity contribution in [2.45, 2.75) is 47.6 Å². The van der Waals surface area contributed by atoms with Gasteiger partial charge in [0.15, 0.2) is 0 Å². The minimum Gasteiger partial charge on any atom is -0.487 e. The summed E-state index contributed by atoms with van der Waals surface area (Å²) < 4.78 is 25.4. The number of anilines is 2. The first kappa shape index (κ1) is 28.1. The van der Waals surface area contributed by atoms with Gasteiger partial charge in [-0.3, -0.25) is 0 Å². The molecular weight excluding hydrogens is 513 g/mol. The number of ether oxygens (including phenoxy) is 1. The largest absolute Gasteiger partial charge is 0.487 e. The highest BCUT2D eigenvalue weighted by molar-refractivity contribution is 6.32. The molecule has 2 heterocycles. The molecule has 7 heteroatoms. The Labute approximate surface area is 234 Å². The Kier molecular flexibility index (Phi) is 8.56. The van der Waals surface area contributed by atoms with Gasteiger partial charge in [0.05, 0.1) is 10.5 Å². The van der Waals surface area contributed by atoms with E-state index in [1.165, 1.54) is 18.5 Å². The van der Waals surface area contributed by atoms with E-state index in [0.717, 1.165) is 52.1 Å². The molecule has 0 bridgehead atoms. The lowest BCUT2D eigenvalue weighted by molar-refractivity contribution is 0.306. The molecule has 0 aliphatic carbocycles. The van der Waals surface area contributed by atoms with Gasteiger partial charge >= 0.3 is 0 Å². The molecule has 5 nitrogen and oxygen atoms in total. The Morgan fingerprint density at radius 2 is 1.82 bits per heavy atom. The van der Waals surface area contributed by atoms with Crippen molar-refractivity contribution in [1.82, 2.24) is 9.97 Å². The molecule has 0 aliphatic rings. The number of nitrogens with zero attached hydrogens (tertiary/aromatic N) is 2. The Hall–Kier alpha value is -3.90. The zero-order valence-electron chi connectivity index (χ0n) is 21.6. The predicted molar refractivity (Wildman–Crippen MR) is 157 cm³/mol. The fraction of sp³-hybridized carbons (Fsp3) is 0.250. The highest BCUT2D eigenvalue weighted by Crippen LogP contribution is 2.33. The number of benzene rings is 3. The highest BCUT2D eigenvalue weighted by atomic mass is 35.5. The zero-order chi connectivity index (χ0) is 26.7. The number of halogens is 2. The second-order valence-corrected chi connectivity index (χ2v) is 10.9. The third-order valence-electron chi connectivity index (χ3n) is 6.18. The number of nitrogens with one attached hydrogen (secondary N) is 1. The van der Waals surface area contributed by atoms with Gasteiger partial charge in [0.1, 0.15) is 41.8 Å². The number of aromatic nitrogens is 2. The molecule has 3 aromatic carbocycles. The molecule has 1 N–H and O–H groups in total. The molecule has 5 rings (SSSR count). The Morgan fingerprint density at radius 3 is 2.59 bits per heavy atom. The van der Waals surface area contributed by atoms with Gasteiger partial charge in [-0.1, -0.05) is 51.9 Å². The molecule has 0 unspecified atom stereocenters. The van der Waals surface area contributed by atoms with Crippen LogP contribution in [0.5, 0.6) is 5.75 Å². The van der Waals surface area contributed by atoms with Crippen LogP contribution >= 0.6 is 11.6 Å². The van der Waals surface area contributed by atoms with Gasteiger partial charge in [-0.05, 0) is 78.1 Å². The molecule has 5 aromatic rings. The summed E-state index contributed by atoms with van der Waals surface area (Å²) in [4.78, 5) is 8.89. The van der Waals surface area contributed by atoms with Crippen LogP contribution in [0.2, 0.25) is 5.02 Å². The van der Waals surface area contributed by atoms with Crippen molar-refractivity contribution in [3.05, 3.63) is 101 Å². The van der Waals surface area contributed by atoms with Gasteiger partial charge in [0.25, 0.3) is 0 Å². The quantitative estimate of drug-likeness (QED) is 0.210. The third kappa shape index (κ3) is 7.15. The fourth-order valence-electron chi connectivity index (χ4n) is 4.10. The highest BCUT2D eigenvalue weighted by Gasteiger charge is 2.14. The van der Waals surface area contributed by atoms with E-state index in [9.17, 15) is 4.39 Å². The van der Waals surface area contributed by atoms with Crippen LogP contribution in [-0.2, 0) is 13.0 Å². The van der Waals surface area contributed by atoms with E-state index in [1.807, 2.05) is 36.4 Å². The van der Waals surface area contributed by atoms with Gasteiger partial charge < -0.3 is 14.5 Å². The van der Waals surface area contributed by atoms with Gasteiger partial charge in [-0.25, -0.2) is 14.4 Å². The summed E-state index contributed by atoms with van der Waals surface area (Å²) in [6.07, 6.45) is 3.48. The van der Waals surface area contributed by atoms with E-state index < -0.39 is 0 Å². The number of rotatable bonds is 8. The first-order valence-electron chi connectivity index (χ1n) is 12.5. The third-order valence-corrected chi connectivity index (χ3v) is 6.48. The molecule has 0 saturated heterocycles. The van der Waals surface area contributed by atoms with Gasteiger partial charge in [-0.15, -0.1) is 0 Å². The monoisotopic (exact) mass is 545 g/mol. The maximum atomic E-state index is 13.4. The molecule has 0 aliphatic heterocycles. The number of furan rings is 1. The van der Waals surface area contributed by atoms with Crippen LogP contribution in [0.4, 0.5) is 15.9 Å².